The van der Waals surface area contributed by atoms with E-state index in [0.717, 1.165) is 0 Å². The Morgan fingerprint density at radius 2 is 2.27 bits per heavy atom. The first-order valence-electron chi connectivity index (χ1n) is 3.72. The molecule has 15 heavy (non-hydrogen) atoms. The van der Waals surface area contributed by atoms with Gasteiger partial charge in [0, 0.05) is 12.4 Å². The summed E-state index contributed by atoms with van der Waals surface area (Å²) in [5.74, 6) is -2.38. The first-order valence-corrected chi connectivity index (χ1v) is 6.17. The van der Waals surface area contributed by atoms with Gasteiger partial charge < -0.3 is 5.11 Å². The van der Waals surface area contributed by atoms with Gasteiger partial charge in [-0.3, -0.25) is 14.5 Å². The van der Waals surface area contributed by atoms with Crippen molar-refractivity contribution < 1.29 is 18.3 Å². The van der Waals surface area contributed by atoms with Gasteiger partial charge in [-0.1, -0.05) is 0 Å². The topological polar surface area (TPSA) is 96.4 Å². The van der Waals surface area contributed by atoms with Crippen LogP contribution in [0, 0.1) is 0 Å². The van der Waals surface area contributed by atoms with Gasteiger partial charge in [0.25, 0.3) is 0 Å². The van der Waals surface area contributed by atoms with Crippen LogP contribution in [-0.2, 0) is 14.8 Å². The Labute approximate surface area is 94.5 Å². The lowest BCUT2D eigenvalue weighted by Crippen LogP contribution is -2.22. The number of carboxylic acid groups (broad SMARTS) is 1. The maximum atomic E-state index is 11.2. The number of aromatic nitrogens is 1. The molecule has 0 radical (unpaired) electrons. The van der Waals surface area contributed by atoms with Gasteiger partial charge in [-0.2, -0.15) is 0 Å². The van der Waals surface area contributed by atoms with Crippen molar-refractivity contribution >= 4 is 37.6 Å². The normalized spacial score (nSPS) is 11.0. The van der Waals surface area contributed by atoms with E-state index in [9.17, 15) is 13.2 Å². The number of hydrogen-bond acceptors (Lipinski definition) is 4. The summed E-state index contributed by atoms with van der Waals surface area (Å²) in [6.45, 7) is 0. The lowest BCUT2D eigenvalue weighted by molar-refractivity contribution is -0.134. The summed E-state index contributed by atoms with van der Waals surface area (Å²) in [6, 6.07) is 1.42. The predicted molar refractivity (Wildman–Crippen MR) is 57.0 cm³/mol. The number of anilines is 1. The zero-order chi connectivity index (χ0) is 11.5. The van der Waals surface area contributed by atoms with Crippen LogP contribution in [0.4, 0.5) is 5.69 Å². The molecule has 1 rings (SSSR count). The lowest BCUT2D eigenvalue weighted by atomic mass is 10.4. The summed E-state index contributed by atoms with van der Waals surface area (Å²) >= 11 is 3.08. The van der Waals surface area contributed by atoms with Gasteiger partial charge in [-0.15, -0.1) is 0 Å². The Balaban J connectivity index is 2.87. The first kappa shape index (κ1) is 11.9. The minimum absolute atomic E-state index is 0.256. The maximum Gasteiger partial charge on any atom is 0.320 e. The van der Waals surface area contributed by atoms with Crippen LogP contribution in [-0.4, -0.2) is 30.2 Å². The number of pyridine rings is 1. The standard InChI is InChI=1S/C7H7BrN2O4S/c8-5-3-9-2-1-6(5)10-15(13,14)4-7(11)12/h1-3H,4H2,(H,9,10)(H,11,12). The number of sulfonamides is 1. The van der Waals surface area contributed by atoms with Gasteiger partial charge in [0.05, 0.1) is 10.2 Å². The molecule has 0 bridgehead atoms. The highest BCUT2D eigenvalue weighted by Gasteiger charge is 2.16. The van der Waals surface area contributed by atoms with Crippen molar-refractivity contribution in [1.82, 2.24) is 4.98 Å². The molecule has 0 unspecified atom stereocenters. The number of halogens is 1. The van der Waals surface area contributed by atoms with Crippen LogP contribution in [0.25, 0.3) is 0 Å². The molecule has 0 fully saturated rings. The maximum absolute atomic E-state index is 11.2. The molecule has 8 heteroatoms. The Hall–Kier alpha value is -1.15. The molecule has 0 aliphatic rings. The molecule has 0 aliphatic heterocycles. The van der Waals surface area contributed by atoms with Gasteiger partial charge in [-0.25, -0.2) is 8.42 Å². The third-order valence-electron chi connectivity index (χ3n) is 1.35. The van der Waals surface area contributed by atoms with Gasteiger partial charge in [0.15, 0.2) is 5.75 Å². The fraction of sp³-hybridized carbons (Fsp3) is 0.143. The van der Waals surface area contributed by atoms with E-state index in [2.05, 4.69) is 25.6 Å². The van der Waals surface area contributed by atoms with E-state index in [4.69, 9.17) is 5.11 Å². The van der Waals surface area contributed by atoms with Crippen molar-refractivity contribution in [2.75, 3.05) is 10.5 Å². The average molecular weight is 295 g/mol. The SMILES string of the molecule is O=C(O)CS(=O)(=O)Nc1ccncc1Br. The predicted octanol–water partition coefficient (Wildman–Crippen LogP) is 0.670. The molecule has 0 aliphatic carbocycles. The minimum Gasteiger partial charge on any atom is -0.480 e. The second-order valence-corrected chi connectivity index (χ2v) is 5.19. The molecule has 1 heterocycles. The number of rotatable bonds is 4. The van der Waals surface area contributed by atoms with Crippen molar-refractivity contribution in [1.29, 1.82) is 0 Å². The van der Waals surface area contributed by atoms with E-state index in [1.807, 2.05) is 0 Å². The van der Waals surface area contributed by atoms with Gasteiger partial charge in [-0.05, 0) is 22.0 Å². The summed E-state index contributed by atoms with van der Waals surface area (Å²) in [5.41, 5.74) is 0.256. The number of nitrogens with zero attached hydrogens (tertiary/aromatic N) is 1. The molecule has 1 aromatic heterocycles. The average Bonchev–Trinajstić information content (AvgIpc) is 2.06. The van der Waals surface area contributed by atoms with E-state index in [1.54, 1.807) is 0 Å². The van der Waals surface area contributed by atoms with Crippen LogP contribution < -0.4 is 4.72 Å². The van der Waals surface area contributed by atoms with E-state index < -0.39 is 21.7 Å². The number of aliphatic carboxylic acids is 1. The zero-order valence-electron chi connectivity index (χ0n) is 7.34. The number of nitrogens with one attached hydrogen (secondary N) is 1. The fourth-order valence-electron chi connectivity index (χ4n) is 0.824. The Bertz CT molecular complexity index is 474. The van der Waals surface area contributed by atoms with Crippen LogP contribution in [0.2, 0.25) is 0 Å². The second-order valence-electron chi connectivity index (χ2n) is 2.61. The van der Waals surface area contributed by atoms with Crippen LogP contribution in [0.15, 0.2) is 22.9 Å². The molecule has 1 aromatic rings. The summed E-state index contributed by atoms with van der Waals surface area (Å²) in [5, 5.41) is 8.35. The molecule has 0 amide bonds. The van der Waals surface area contributed by atoms with E-state index in [0.29, 0.717) is 4.47 Å². The van der Waals surface area contributed by atoms with Crippen LogP contribution in [0.3, 0.4) is 0 Å². The smallest absolute Gasteiger partial charge is 0.320 e. The number of carbonyl (C=O) groups is 1. The van der Waals surface area contributed by atoms with Crippen LogP contribution in [0.5, 0.6) is 0 Å². The van der Waals surface area contributed by atoms with Gasteiger partial charge in [0.1, 0.15) is 0 Å². The monoisotopic (exact) mass is 294 g/mol. The molecule has 0 aromatic carbocycles. The largest absolute Gasteiger partial charge is 0.480 e. The van der Waals surface area contributed by atoms with Crippen LogP contribution in [0.1, 0.15) is 0 Å². The van der Waals surface area contributed by atoms with E-state index in [1.165, 1.54) is 18.5 Å². The van der Waals surface area contributed by atoms with Gasteiger partial charge in [0.2, 0.25) is 10.0 Å². The summed E-state index contributed by atoms with van der Waals surface area (Å²) in [6.07, 6.45) is 2.79. The molecular weight excluding hydrogens is 288 g/mol. The van der Waals surface area contributed by atoms with Gasteiger partial charge >= 0.3 is 5.97 Å². The fourth-order valence-corrected chi connectivity index (χ4v) is 2.22. The molecular formula is C7H7BrN2O4S. The van der Waals surface area contributed by atoms with Crippen LogP contribution >= 0.6 is 15.9 Å². The Kier molecular flexibility index (Phi) is 3.64. The highest BCUT2D eigenvalue weighted by atomic mass is 79.9. The van der Waals surface area contributed by atoms with Crippen molar-refractivity contribution in [3.63, 3.8) is 0 Å². The summed E-state index contributed by atoms with van der Waals surface area (Å²) in [4.78, 5) is 14.0. The van der Waals surface area contributed by atoms with Crippen molar-refractivity contribution in [3.8, 4) is 0 Å². The summed E-state index contributed by atoms with van der Waals surface area (Å²) in [7, 11) is -3.86. The Morgan fingerprint density at radius 1 is 1.60 bits per heavy atom. The molecule has 0 saturated carbocycles. The quantitative estimate of drug-likeness (QED) is 0.851. The van der Waals surface area contributed by atoms with Crippen molar-refractivity contribution in [3.05, 3.63) is 22.9 Å². The molecule has 0 saturated heterocycles. The zero-order valence-corrected chi connectivity index (χ0v) is 9.75. The third-order valence-corrected chi connectivity index (χ3v) is 3.14. The number of hydrogen-bond donors (Lipinski definition) is 2. The highest BCUT2D eigenvalue weighted by Crippen LogP contribution is 2.20. The number of carboxylic acids is 1. The first-order chi connectivity index (χ1) is 6.91. The summed E-state index contributed by atoms with van der Waals surface area (Å²) < 4.78 is 25.0. The molecule has 2 N–H and O–H groups in total. The molecule has 0 atom stereocenters. The van der Waals surface area contributed by atoms with Crippen molar-refractivity contribution in [2.45, 2.75) is 0 Å². The second kappa shape index (κ2) is 4.58. The highest BCUT2D eigenvalue weighted by molar-refractivity contribution is 9.10. The van der Waals surface area contributed by atoms with Crippen molar-refractivity contribution in [2.24, 2.45) is 0 Å². The Morgan fingerprint density at radius 3 is 2.80 bits per heavy atom. The van der Waals surface area contributed by atoms with E-state index >= 15 is 0 Å². The van der Waals surface area contributed by atoms with E-state index in [-0.39, 0.29) is 5.69 Å². The molecule has 0 spiro atoms. The molecule has 82 valence electrons. The lowest BCUT2D eigenvalue weighted by Gasteiger charge is -2.06. The minimum atomic E-state index is -3.86. The molecule has 6 nitrogen and oxygen atoms in total. The third kappa shape index (κ3) is 3.84.